The lowest BCUT2D eigenvalue weighted by atomic mass is 10.1. The Balaban J connectivity index is 2.69. The molecular formula is C9H9N3O. The van der Waals surface area contributed by atoms with E-state index in [0.717, 1.165) is 11.1 Å². The van der Waals surface area contributed by atoms with Crippen LogP contribution in [-0.2, 0) is 11.2 Å². The predicted octanol–water partition coefficient (Wildman–Crippen LogP) is 2.37. The van der Waals surface area contributed by atoms with Crippen LogP contribution >= 0.6 is 0 Å². The van der Waals surface area contributed by atoms with Crippen LogP contribution in [-0.4, -0.2) is 5.91 Å². The van der Waals surface area contributed by atoms with E-state index in [0.29, 0.717) is 0 Å². The normalized spacial score (nSPS) is 9.00. The predicted molar refractivity (Wildman–Crippen MR) is 49.0 cm³/mol. The van der Waals surface area contributed by atoms with Crippen molar-refractivity contribution in [1.82, 2.24) is 0 Å². The lowest BCUT2D eigenvalue weighted by molar-refractivity contribution is -0.117. The van der Waals surface area contributed by atoms with E-state index < -0.39 is 5.91 Å². The van der Waals surface area contributed by atoms with Crippen LogP contribution in [0.15, 0.2) is 29.4 Å². The molecule has 0 saturated carbocycles. The van der Waals surface area contributed by atoms with Crippen molar-refractivity contribution >= 4 is 5.91 Å². The molecule has 4 heteroatoms. The maximum absolute atomic E-state index is 10.9. The zero-order valence-corrected chi connectivity index (χ0v) is 7.27. The summed E-state index contributed by atoms with van der Waals surface area (Å²) in [6.07, 6.45) is 0.171. The van der Waals surface area contributed by atoms with E-state index >= 15 is 0 Å². The van der Waals surface area contributed by atoms with Crippen LogP contribution in [0.2, 0.25) is 0 Å². The fourth-order valence-corrected chi connectivity index (χ4v) is 0.966. The molecule has 1 aromatic rings. The van der Waals surface area contributed by atoms with Crippen LogP contribution in [0.3, 0.4) is 0 Å². The molecule has 0 aliphatic carbocycles. The van der Waals surface area contributed by atoms with Gasteiger partial charge >= 0.3 is 0 Å². The molecule has 0 atom stereocenters. The van der Waals surface area contributed by atoms with Gasteiger partial charge in [0.2, 0.25) is 5.91 Å². The maximum atomic E-state index is 10.9. The van der Waals surface area contributed by atoms with E-state index in [-0.39, 0.29) is 6.42 Å². The van der Waals surface area contributed by atoms with Gasteiger partial charge in [0, 0.05) is 11.3 Å². The van der Waals surface area contributed by atoms with E-state index in [9.17, 15) is 4.79 Å². The van der Waals surface area contributed by atoms with E-state index in [1.807, 2.05) is 31.2 Å². The highest BCUT2D eigenvalue weighted by atomic mass is 16.1. The monoisotopic (exact) mass is 175 g/mol. The number of carbonyl (C=O) groups excluding carboxylic acids is 1. The number of hydrogen-bond acceptors (Lipinski definition) is 1. The Morgan fingerprint density at radius 3 is 2.62 bits per heavy atom. The lowest BCUT2D eigenvalue weighted by Crippen LogP contribution is -1.96. The molecule has 0 aliphatic heterocycles. The molecule has 0 aromatic heterocycles. The van der Waals surface area contributed by atoms with Crippen molar-refractivity contribution < 1.29 is 4.79 Å². The van der Waals surface area contributed by atoms with Crippen LogP contribution in [0.25, 0.3) is 10.4 Å². The summed E-state index contributed by atoms with van der Waals surface area (Å²) in [5.74, 6) is -0.452. The summed E-state index contributed by atoms with van der Waals surface area (Å²) in [5.41, 5.74) is 10.00. The number of nitrogens with zero attached hydrogens (tertiary/aromatic N) is 3. The summed E-state index contributed by atoms with van der Waals surface area (Å²) >= 11 is 0. The number of aryl methyl sites for hydroxylation is 1. The molecule has 1 rings (SSSR count). The number of hydrogen-bond donors (Lipinski definition) is 0. The zero-order chi connectivity index (χ0) is 9.68. The van der Waals surface area contributed by atoms with Crippen molar-refractivity contribution in [1.29, 1.82) is 0 Å². The first-order chi connectivity index (χ1) is 6.22. The number of carbonyl (C=O) groups is 1. The molecule has 66 valence electrons. The summed E-state index contributed by atoms with van der Waals surface area (Å²) < 4.78 is 0. The molecule has 4 nitrogen and oxygen atoms in total. The zero-order valence-electron chi connectivity index (χ0n) is 7.27. The van der Waals surface area contributed by atoms with E-state index in [1.165, 1.54) is 0 Å². The van der Waals surface area contributed by atoms with Crippen LogP contribution in [0.1, 0.15) is 11.1 Å². The van der Waals surface area contributed by atoms with Crippen molar-refractivity contribution in [3.8, 4) is 0 Å². The fourth-order valence-electron chi connectivity index (χ4n) is 0.966. The Labute approximate surface area is 75.8 Å². The van der Waals surface area contributed by atoms with Crippen LogP contribution < -0.4 is 0 Å². The Morgan fingerprint density at radius 2 is 2.08 bits per heavy atom. The highest BCUT2D eigenvalue weighted by Gasteiger charge is 1.99. The Kier molecular flexibility index (Phi) is 3.06. The molecule has 0 bridgehead atoms. The molecular weight excluding hydrogens is 166 g/mol. The van der Waals surface area contributed by atoms with Gasteiger partial charge in [-0.3, -0.25) is 4.79 Å². The number of azide groups is 1. The first-order valence-electron chi connectivity index (χ1n) is 3.86. The van der Waals surface area contributed by atoms with Crippen molar-refractivity contribution in [2.45, 2.75) is 13.3 Å². The van der Waals surface area contributed by atoms with Gasteiger partial charge in [-0.25, -0.2) is 0 Å². The van der Waals surface area contributed by atoms with E-state index in [4.69, 9.17) is 5.53 Å². The third-order valence-corrected chi connectivity index (χ3v) is 1.63. The SMILES string of the molecule is Cc1ccc(CC(=O)N=[N+]=[N-])cc1. The topological polar surface area (TPSA) is 65.8 Å². The third-order valence-electron chi connectivity index (χ3n) is 1.63. The van der Waals surface area contributed by atoms with Crippen LogP contribution in [0, 0.1) is 6.92 Å². The summed E-state index contributed by atoms with van der Waals surface area (Å²) in [5, 5.41) is 2.98. The first-order valence-corrected chi connectivity index (χ1v) is 3.86. The maximum Gasteiger partial charge on any atom is 0.223 e. The minimum Gasteiger partial charge on any atom is -0.292 e. The molecule has 0 spiro atoms. The van der Waals surface area contributed by atoms with Crippen molar-refractivity contribution in [2.75, 3.05) is 0 Å². The highest BCUT2D eigenvalue weighted by Crippen LogP contribution is 2.04. The largest absolute Gasteiger partial charge is 0.292 e. The van der Waals surface area contributed by atoms with Gasteiger partial charge in [-0.2, -0.15) is 0 Å². The molecule has 0 fully saturated rings. The van der Waals surface area contributed by atoms with Crippen molar-refractivity contribution in [3.63, 3.8) is 0 Å². The molecule has 0 saturated heterocycles. The van der Waals surface area contributed by atoms with Gasteiger partial charge in [0.15, 0.2) is 0 Å². The molecule has 0 heterocycles. The van der Waals surface area contributed by atoms with Gasteiger partial charge in [0.05, 0.1) is 0 Å². The first kappa shape index (κ1) is 9.29. The summed E-state index contributed by atoms with van der Waals surface area (Å²) in [6.45, 7) is 1.97. The molecule has 0 aliphatic rings. The van der Waals surface area contributed by atoms with Crippen LogP contribution in [0.5, 0.6) is 0 Å². The van der Waals surface area contributed by atoms with Crippen molar-refractivity contribution in [3.05, 3.63) is 45.8 Å². The Morgan fingerprint density at radius 1 is 1.46 bits per heavy atom. The summed E-state index contributed by atoms with van der Waals surface area (Å²) in [7, 11) is 0. The van der Waals surface area contributed by atoms with E-state index in [1.54, 1.807) is 0 Å². The van der Waals surface area contributed by atoms with Gasteiger partial charge in [-0.1, -0.05) is 29.8 Å². The summed E-state index contributed by atoms with van der Waals surface area (Å²) in [4.78, 5) is 13.3. The lowest BCUT2D eigenvalue weighted by Gasteiger charge is -1.96. The molecule has 0 radical (unpaired) electrons. The minimum atomic E-state index is -0.452. The smallest absolute Gasteiger partial charge is 0.223 e. The second-order valence-corrected chi connectivity index (χ2v) is 2.75. The van der Waals surface area contributed by atoms with Gasteiger partial charge in [-0.15, -0.1) is 0 Å². The number of rotatable bonds is 2. The molecule has 0 N–H and O–H groups in total. The standard InChI is InChI=1S/C9H9N3O/c1-7-2-4-8(5-3-7)6-9(13)11-12-10/h2-5H,6H2,1H3. The quantitative estimate of drug-likeness (QED) is 0.386. The fraction of sp³-hybridized carbons (Fsp3) is 0.222. The average Bonchev–Trinajstić information content (AvgIpc) is 2.09. The average molecular weight is 175 g/mol. The van der Waals surface area contributed by atoms with Gasteiger partial charge < -0.3 is 0 Å². The number of amides is 1. The van der Waals surface area contributed by atoms with Gasteiger partial charge in [0.25, 0.3) is 0 Å². The number of benzene rings is 1. The van der Waals surface area contributed by atoms with Crippen LogP contribution in [0.4, 0.5) is 0 Å². The minimum absolute atomic E-state index is 0.171. The van der Waals surface area contributed by atoms with Gasteiger partial charge in [0.1, 0.15) is 0 Å². The second kappa shape index (κ2) is 4.28. The van der Waals surface area contributed by atoms with Crippen molar-refractivity contribution in [2.24, 2.45) is 5.11 Å². The molecule has 13 heavy (non-hydrogen) atoms. The second-order valence-electron chi connectivity index (χ2n) is 2.75. The Hall–Kier alpha value is -1.80. The molecule has 0 unspecified atom stereocenters. The van der Waals surface area contributed by atoms with E-state index in [2.05, 4.69) is 10.0 Å². The third kappa shape index (κ3) is 2.97. The molecule has 1 amide bonds. The van der Waals surface area contributed by atoms with Gasteiger partial charge in [-0.05, 0) is 23.1 Å². The highest BCUT2D eigenvalue weighted by molar-refractivity contribution is 5.79. The molecule has 1 aromatic carbocycles. The summed E-state index contributed by atoms with van der Waals surface area (Å²) in [6, 6.07) is 7.53. The Bertz CT molecular complexity index is 350.